The summed E-state index contributed by atoms with van der Waals surface area (Å²) < 4.78 is 11.4. The number of hydrogen-bond acceptors (Lipinski definition) is 3. The van der Waals surface area contributed by atoms with Gasteiger partial charge in [-0.25, -0.2) is 4.79 Å². The second-order valence-corrected chi connectivity index (χ2v) is 5.48. The van der Waals surface area contributed by atoms with Gasteiger partial charge in [0.05, 0.1) is 19.3 Å². The highest BCUT2D eigenvalue weighted by Gasteiger charge is 2.09. The Morgan fingerprint density at radius 2 is 1.86 bits per heavy atom. The largest absolute Gasteiger partial charge is 0.496 e. The van der Waals surface area contributed by atoms with E-state index >= 15 is 0 Å². The van der Waals surface area contributed by atoms with Crippen LogP contribution in [0.4, 0.5) is 0 Å². The van der Waals surface area contributed by atoms with Crippen molar-refractivity contribution in [2.75, 3.05) is 13.7 Å². The van der Waals surface area contributed by atoms with Crippen LogP contribution in [0.2, 0.25) is 0 Å². The Hall–Kier alpha value is -2.07. The van der Waals surface area contributed by atoms with E-state index in [4.69, 9.17) is 9.47 Å². The van der Waals surface area contributed by atoms with Crippen molar-refractivity contribution in [1.29, 1.82) is 0 Å². The van der Waals surface area contributed by atoms with Crippen molar-refractivity contribution >= 4 is 34.1 Å². The first-order valence-electron chi connectivity index (χ1n) is 6.93. The molecule has 114 valence electrons. The molecule has 0 aliphatic rings. The molecule has 2 aromatic rings. The van der Waals surface area contributed by atoms with Gasteiger partial charge in [-0.05, 0) is 42.8 Å². The first-order valence-corrected chi connectivity index (χ1v) is 7.72. The minimum absolute atomic E-state index is 0.330. The average Bonchev–Trinajstić information content (AvgIpc) is 2.54. The Morgan fingerprint density at radius 3 is 2.50 bits per heavy atom. The summed E-state index contributed by atoms with van der Waals surface area (Å²) in [6.45, 7) is 2.14. The Labute approximate surface area is 138 Å². The molecule has 0 unspecified atom stereocenters. The smallest absolute Gasteiger partial charge is 0.338 e. The van der Waals surface area contributed by atoms with Crippen LogP contribution in [0, 0.1) is 0 Å². The summed E-state index contributed by atoms with van der Waals surface area (Å²) in [5.74, 6) is 0.379. The summed E-state index contributed by atoms with van der Waals surface area (Å²) in [7, 11) is 1.61. The van der Waals surface area contributed by atoms with E-state index in [9.17, 15) is 4.79 Å². The minimum atomic E-state index is -0.330. The standard InChI is InChI=1S/C18H17BrO3/c1-3-22-18(20)15-8-11-17(21-2)14(12-15)7-4-13-5-9-16(19)10-6-13/h4-12H,3H2,1-2H3/b7-4+. The van der Waals surface area contributed by atoms with Crippen molar-refractivity contribution < 1.29 is 14.3 Å². The van der Waals surface area contributed by atoms with Crippen molar-refractivity contribution in [2.45, 2.75) is 6.92 Å². The van der Waals surface area contributed by atoms with E-state index in [1.54, 1.807) is 32.2 Å². The zero-order valence-corrected chi connectivity index (χ0v) is 14.1. The molecule has 0 aromatic heterocycles. The lowest BCUT2D eigenvalue weighted by Crippen LogP contribution is -2.05. The molecule has 0 spiro atoms. The van der Waals surface area contributed by atoms with Gasteiger partial charge in [0.2, 0.25) is 0 Å². The molecule has 0 atom stereocenters. The van der Waals surface area contributed by atoms with Gasteiger partial charge >= 0.3 is 5.97 Å². The molecular weight excluding hydrogens is 344 g/mol. The molecule has 0 aliphatic heterocycles. The van der Waals surface area contributed by atoms with Crippen molar-refractivity contribution in [3.63, 3.8) is 0 Å². The molecule has 0 amide bonds. The molecule has 0 saturated carbocycles. The topological polar surface area (TPSA) is 35.5 Å². The van der Waals surface area contributed by atoms with E-state index in [0.29, 0.717) is 17.9 Å². The number of methoxy groups -OCH3 is 1. The second kappa shape index (κ2) is 7.80. The molecular formula is C18H17BrO3. The van der Waals surface area contributed by atoms with Crippen LogP contribution in [0.5, 0.6) is 5.75 Å². The monoisotopic (exact) mass is 360 g/mol. The van der Waals surface area contributed by atoms with E-state index in [0.717, 1.165) is 15.6 Å². The van der Waals surface area contributed by atoms with Crippen LogP contribution >= 0.6 is 15.9 Å². The molecule has 0 saturated heterocycles. The van der Waals surface area contributed by atoms with Gasteiger partial charge in [0.1, 0.15) is 5.75 Å². The predicted molar refractivity (Wildman–Crippen MR) is 92.0 cm³/mol. The van der Waals surface area contributed by atoms with Crippen molar-refractivity contribution in [1.82, 2.24) is 0 Å². The Balaban J connectivity index is 2.29. The number of halogens is 1. The quantitative estimate of drug-likeness (QED) is 0.567. The summed E-state index contributed by atoms with van der Waals surface area (Å²) in [6.07, 6.45) is 3.89. The number of rotatable bonds is 5. The van der Waals surface area contributed by atoms with E-state index in [1.807, 2.05) is 36.4 Å². The molecule has 0 aliphatic carbocycles. The van der Waals surface area contributed by atoms with Gasteiger partial charge in [0, 0.05) is 10.0 Å². The summed E-state index contributed by atoms with van der Waals surface area (Å²) in [5.41, 5.74) is 2.40. The zero-order valence-electron chi connectivity index (χ0n) is 12.5. The minimum Gasteiger partial charge on any atom is -0.496 e. The van der Waals surface area contributed by atoms with E-state index < -0.39 is 0 Å². The van der Waals surface area contributed by atoms with Crippen molar-refractivity contribution in [3.8, 4) is 5.75 Å². The molecule has 0 heterocycles. The molecule has 0 fully saturated rings. The molecule has 2 rings (SSSR count). The molecule has 4 heteroatoms. The number of hydrogen-bond donors (Lipinski definition) is 0. The van der Waals surface area contributed by atoms with Crippen LogP contribution in [0.25, 0.3) is 12.2 Å². The predicted octanol–water partition coefficient (Wildman–Crippen LogP) is 4.80. The maximum atomic E-state index is 11.8. The normalized spacial score (nSPS) is 10.7. The van der Waals surface area contributed by atoms with Crippen LogP contribution in [0.3, 0.4) is 0 Å². The molecule has 0 radical (unpaired) electrons. The van der Waals surface area contributed by atoms with Crippen molar-refractivity contribution in [2.24, 2.45) is 0 Å². The number of benzene rings is 2. The highest BCUT2D eigenvalue weighted by Crippen LogP contribution is 2.23. The van der Waals surface area contributed by atoms with E-state index in [-0.39, 0.29) is 5.97 Å². The van der Waals surface area contributed by atoms with Crippen LogP contribution in [0.1, 0.15) is 28.4 Å². The molecule has 0 bridgehead atoms. The SMILES string of the molecule is CCOC(=O)c1ccc(OC)c(/C=C/c2ccc(Br)cc2)c1. The Bertz CT molecular complexity index is 675. The van der Waals surface area contributed by atoms with E-state index in [2.05, 4.69) is 15.9 Å². The summed E-state index contributed by atoms with van der Waals surface area (Å²) in [5, 5.41) is 0. The lowest BCUT2D eigenvalue weighted by atomic mass is 10.1. The average molecular weight is 361 g/mol. The van der Waals surface area contributed by atoms with Gasteiger partial charge in [-0.15, -0.1) is 0 Å². The fourth-order valence-electron chi connectivity index (χ4n) is 1.97. The molecule has 3 nitrogen and oxygen atoms in total. The van der Waals surface area contributed by atoms with Gasteiger partial charge in [0.25, 0.3) is 0 Å². The van der Waals surface area contributed by atoms with Gasteiger partial charge in [-0.1, -0.05) is 40.2 Å². The Morgan fingerprint density at radius 1 is 1.14 bits per heavy atom. The van der Waals surface area contributed by atoms with Gasteiger partial charge in [0.15, 0.2) is 0 Å². The molecule has 22 heavy (non-hydrogen) atoms. The number of carbonyl (C=O) groups excluding carboxylic acids is 1. The third-order valence-corrected chi connectivity index (χ3v) is 3.59. The van der Waals surface area contributed by atoms with Crippen molar-refractivity contribution in [3.05, 3.63) is 63.6 Å². The van der Waals surface area contributed by atoms with Gasteiger partial charge in [-0.3, -0.25) is 0 Å². The lowest BCUT2D eigenvalue weighted by Gasteiger charge is -2.07. The van der Waals surface area contributed by atoms with Crippen LogP contribution < -0.4 is 4.74 Å². The van der Waals surface area contributed by atoms with Gasteiger partial charge in [-0.2, -0.15) is 0 Å². The number of carbonyl (C=O) groups is 1. The molecule has 2 aromatic carbocycles. The van der Waals surface area contributed by atoms with Crippen LogP contribution in [-0.4, -0.2) is 19.7 Å². The van der Waals surface area contributed by atoms with Gasteiger partial charge < -0.3 is 9.47 Å². The fraction of sp³-hybridized carbons (Fsp3) is 0.167. The molecule has 0 N–H and O–H groups in total. The third-order valence-electron chi connectivity index (χ3n) is 3.07. The van der Waals surface area contributed by atoms with Crippen LogP contribution in [-0.2, 0) is 4.74 Å². The highest BCUT2D eigenvalue weighted by molar-refractivity contribution is 9.10. The summed E-state index contributed by atoms with van der Waals surface area (Å²) in [6, 6.07) is 13.2. The first-order chi connectivity index (χ1) is 10.6. The fourth-order valence-corrected chi connectivity index (χ4v) is 2.23. The second-order valence-electron chi connectivity index (χ2n) is 4.56. The number of ether oxygens (including phenoxy) is 2. The maximum absolute atomic E-state index is 11.8. The zero-order chi connectivity index (χ0) is 15.9. The first kappa shape index (κ1) is 16.3. The number of esters is 1. The van der Waals surface area contributed by atoms with Crippen LogP contribution in [0.15, 0.2) is 46.9 Å². The van der Waals surface area contributed by atoms with E-state index in [1.165, 1.54) is 0 Å². The summed E-state index contributed by atoms with van der Waals surface area (Å²) >= 11 is 3.41. The maximum Gasteiger partial charge on any atom is 0.338 e. The Kier molecular flexibility index (Phi) is 5.78. The lowest BCUT2D eigenvalue weighted by molar-refractivity contribution is 0.0526. The highest BCUT2D eigenvalue weighted by atomic mass is 79.9. The third kappa shape index (κ3) is 4.21. The summed E-state index contributed by atoms with van der Waals surface area (Å²) in [4.78, 5) is 11.8.